The number of methoxy groups -OCH3 is 1. The number of hydrogen-bond acceptors (Lipinski definition) is 3. The Kier molecular flexibility index (Phi) is 5.27. The first-order valence-corrected chi connectivity index (χ1v) is 7.34. The summed E-state index contributed by atoms with van der Waals surface area (Å²) in [6.45, 7) is 0.333. The molecule has 0 spiro atoms. The van der Waals surface area contributed by atoms with E-state index in [1.165, 1.54) is 19.3 Å². The van der Waals surface area contributed by atoms with Gasteiger partial charge in [0.25, 0.3) is 0 Å². The highest BCUT2D eigenvalue weighted by Gasteiger charge is 2.21. The molecule has 1 N–H and O–H groups in total. The lowest BCUT2D eigenvalue weighted by atomic mass is 9.94. The van der Waals surface area contributed by atoms with Crippen LogP contribution in [0.15, 0.2) is 24.3 Å². The minimum absolute atomic E-state index is 0.153. The monoisotopic (exact) mass is 276 g/mol. The van der Waals surface area contributed by atoms with Crippen molar-refractivity contribution in [2.24, 2.45) is 0 Å². The molecule has 1 saturated carbocycles. The van der Waals surface area contributed by atoms with E-state index < -0.39 is 0 Å². The molecular formula is C16H24N2O2. The fourth-order valence-electron chi connectivity index (χ4n) is 2.71. The SMILES string of the molecule is COc1cccc(NCC(=O)N(C)C2CCCCC2)c1. The summed E-state index contributed by atoms with van der Waals surface area (Å²) in [5.74, 6) is 0.947. The van der Waals surface area contributed by atoms with E-state index in [9.17, 15) is 4.79 Å². The van der Waals surface area contributed by atoms with Crippen molar-refractivity contribution in [3.63, 3.8) is 0 Å². The molecule has 2 rings (SSSR count). The third kappa shape index (κ3) is 3.89. The molecule has 0 unspecified atom stereocenters. The van der Waals surface area contributed by atoms with E-state index >= 15 is 0 Å². The van der Waals surface area contributed by atoms with Crippen LogP contribution in [0.2, 0.25) is 0 Å². The van der Waals surface area contributed by atoms with Crippen LogP contribution in [0.3, 0.4) is 0 Å². The Labute approximate surface area is 121 Å². The van der Waals surface area contributed by atoms with Gasteiger partial charge >= 0.3 is 0 Å². The average molecular weight is 276 g/mol. The summed E-state index contributed by atoms with van der Waals surface area (Å²) in [7, 11) is 3.56. The number of hydrogen-bond donors (Lipinski definition) is 1. The van der Waals surface area contributed by atoms with Crippen LogP contribution in [0, 0.1) is 0 Å². The van der Waals surface area contributed by atoms with E-state index in [1.54, 1.807) is 7.11 Å². The van der Waals surface area contributed by atoms with Gasteiger partial charge in [-0.1, -0.05) is 25.3 Å². The molecule has 1 aliphatic carbocycles. The van der Waals surface area contributed by atoms with Gasteiger partial charge in [-0.3, -0.25) is 4.79 Å². The van der Waals surface area contributed by atoms with Crippen molar-refractivity contribution in [2.45, 2.75) is 38.1 Å². The first-order chi connectivity index (χ1) is 9.70. The van der Waals surface area contributed by atoms with Crippen molar-refractivity contribution in [1.29, 1.82) is 0 Å². The van der Waals surface area contributed by atoms with Gasteiger partial charge in [0.1, 0.15) is 5.75 Å². The van der Waals surface area contributed by atoms with E-state index in [-0.39, 0.29) is 5.91 Å². The first kappa shape index (κ1) is 14.7. The smallest absolute Gasteiger partial charge is 0.241 e. The number of nitrogens with one attached hydrogen (secondary N) is 1. The minimum atomic E-state index is 0.153. The van der Waals surface area contributed by atoms with E-state index in [1.807, 2.05) is 36.2 Å². The first-order valence-electron chi connectivity index (χ1n) is 7.34. The molecule has 0 saturated heterocycles. The Morgan fingerprint density at radius 2 is 2.10 bits per heavy atom. The summed E-state index contributed by atoms with van der Waals surface area (Å²) in [4.78, 5) is 14.1. The molecule has 0 radical (unpaired) electrons. The fraction of sp³-hybridized carbons (Fsp3) is 0.562. The molecule has 0 heterocycles. The molecule has 0 aliphatic heterocycles. The molecule has 1 aromatic carbocycles. The van der Waals surface area contributed by atoms with Crippen LogP contribution in [0.4, 0.5) is 5.69 Å². The zero-order chi connectivity index (χ0) is 14.4. The molecule has 1 aromatic rings. The summed E-state index contributed by atoms with van der Waals surface area (Å²) in [6, 6.07) is 8.06. The van der Waals surface area contributed by atoms with Crippen LogP contribution < -0.4 is 10.1 Å². The van der Waals surface area contributed by atoms with Crippen molar-refractivity contribution in [3.8, 4) is 5.75 Å². The van der Waals surface area contributed by atoms with Gasteiger partial charge in [-0.2, -0.15) is 0 Å². The summed E-state index contributed by atoms with van der Waals surface area (Å²) < 4.78 is 5.17. The van der Waals surface area contributed by atoms with Crippen LogP contribution >= 0.6 is 0 Å². The topological polar surface area (TPSA) is 41.6 Å². The predicted octanol–water partition coefficient (Wildman–Crippen LogP) is 2.90. The number of nitrogens with zero attached hydrogens (tertiary/aromatic N) is 1. The third-order valence-corrected chi connectivity index (χ3v) is 4.03. The Morgan fingerprint density at radius 3 is 2.80 bits per heavy atom. The molecule has 4 nitrogen and oxygen atoms in total. The number of amides is 1. The largest absolute Gasteiger partial charge is 0.497 e. The molecule has 0 atom stereocenters. The predicted molar refractivity (Wildman–Crippen MR) is 81.1 cm³/mol. The number of anilines is 1. The van der Waals surface area contributed by atoms with Crippen molar-refractivity contribution >= 4 is 11.6 Å². The van der Waals surface area contributed by atoms with Gasteiger partial charge < -0.3 is 15.0 Å². The highest BCUT2D eigenvalue weighted by atomic mass is 16.5. The third-order valence-electron chi connectivity index (χ3n) is 4.03. The summed E-state index contributed by atoms with van der Waals surface area (Å²) >= 11 is 0. The van der Waals surface area contributed by atoms with Crippen molar-refractivity contribution in [3.05, 3.63) is 24.3 Å². The van der Waals surface area contributed by atoms with Crippen LogP contribution in [0.25, 0.3) is 0 Å². The second-order valence-corrected chi connectivity index (χ2v) is 5.38. The van der Waals surface area contributed by atoms with Crippen molar-refractivity contribution in [1.82, 2.24) is 4.90 Å². The molecule has 0 aromatic heterocycles. The van der Waals surface area contributed by atoms with Crippen LogP contribution in [-0.2, 0) is 4.79 Å². The lowest BCUT2D eigenvalue weighted by Crippen LogP contribution is -2.41. The van der Waals surface area contributed by atoms with Gasteiger partial charge in [0, 0.05) is 24.8 Å². The van der Waals surface area contributed by atoms with Gasteiger partial charge in [-0.15, -0.1) is 0 Å². The lowest BCUT2D eigenvalue weighted by molar-refractivity contribution is -0.130. The maximum Gasteiger partial charge on any atom is 0.241 e. The van der Waals surface area contributed by atoms with Crippen molar-refractivity contribution in [2.75, 3.05) is 26.0 Å². The molecule has 1 amide bonds. The van der Waals surface area contributed by atoms with E-state index in [0.29, 0.717) is 12.6 Å². The summed E-state index contributed by atoms with van der Waals surface area (Å²) in [5, 5.41) is 3.17. The summed E-state index contributed by atoms with van der Waals surface area (Å²) in [6.07, 6.45) is 6.07. The normalized spacial score (nSPS) is 15.7. The second kappa shape index (κ2) is 7.17. The zero-order valence-electron chi connectivity index (χ0n) is 12.4. The zero-order valence-corrected chi connectivity index (χ0v) is 12.4. The minimum Gasteiger partial charge on any atom is -0.497 e. The highest BCUT2D eigenvalue weighted by Crippen LogP contribution is 2.22. The van der Waals surface area contributed by atoms with Gasteiger partial charge in [-0.25, -0.2) is 0 Å². The molecular weight excluding hydrogens is 252 g/mol. The quantitative estimate of drug-likeness (QED) is 0.899. The fourth-order valence-corrected chi connectivity index (χ4v) is 2.71. The Hall–Kier alpha value is -1.71. The number of likely N-dealkylation sites (N-methyl/N-ethyl adjacent to an activating group) is 1. The van der Waals surface area contributed by atoms with E-state index in [4.69, 9.17) is 4.74 Å². The second-order valence-electron chi connectivity index (χ2n) is 5.38. The summed E-state index contributed by atoms with van der Waals surface area (Å²) in [5.41, 5.74) is 0.912. The number of carbonyl (C=O) groups excluding carboxylic acids is 1. The average Bonchev–Trinajstić information content (AvgIpc) is 2.53. The molecule has 1 aliphatic rings. The standard InChI is InChI=1S/C16H24N2O2/c1-18(14-8-4-3-5-9-14)16(19)12-17-13-7-6-10-15(11-13)20-2/h6-7,10-11,14,17H,3-5,8-9,12H2,1-2H3. The maximum atomic E-state index is 12.2. The molecule has 4 heteroatoms. The maximum absolute atomic E-state index is 12.2. The highest BCUT2D eigenvalue weighted by molar-refractivity contribution is 5.81. The lowest BCUT2D eigenvalue weighted by Gasteiger charge is -2.31. The van der Waals surface area contributed by atoms with Crippen LogP contribution in [0.1, 0.15) is 32.1 Å². The number of rotatable bonds is 5. The van der Waals surface area contributed by atoms with Gasteiger partial charge in [-0.05, 0) is 25.0 Å². The van der Waals surface area contributed by atoms with Gasteiger partial charge in [0.15, 0.2) is 0 Å². The van der Waals surface area contributed by atoms with Gasteiger partial charge in [0.2, 0.25) is 5.91 Å². The number of ether oxygens (including phenoxy) is 1. The van der Waals surface area contributed by atoms with Crippen molar-refractivity contribution < 1.29 is 9.53 Å². The Balaban J connectivity index is 1.84. The van der Waals surface area contributed by atoms with E-state index in [0.717, 1.165) is 24.3 Å². The Bertz CT molecular complexity index is 442. The molecule has 20 heavy (non-hydrogen) atoms. The van der Waals surface area contributed by atoms with E-state index in [2.05, 4.69) is 5.32 Å². The Morgan fingerprint density at radius 1 is 1.35 bits per heavy atom. The molecule has 1 fully saturated rings. The number of benzene rings is 1. The molecule has 110 valence electrons. The van der Waals surface area contributed by atoms with Gasteiger partial charge in [0.05, 0.1) is 13.7 Å². The number of carbonyl (C=O) groups is 1. The molecule has 0 bridgehead atoms. The van der Waals surface area contributed by atoms with Crippen LogP contribution in [-0.4, -0.2) is 37.6 Å². The van der Waals surface area contributed by atoms with Crippen LogP contribution in [0.5, 0.6) is 5.75 Å².